The molecule has 0 aliphatic rings. The Morgan fingerprint density at radius 1 is 1.29 bits per heavy atom. The van der Waals surface area contributed by atoms with Crippen molar-refractivity contribution in [3.63, 3.8) is 0 Å². The molecular formula is C11H17BrN2. The van der Waals surface area contributed by atoms with Gasteiger partial charge in [-0.25, -0.2) is 0 Å². The van der Waals surface area contributed by atoms with Gasteiger partial charge in [-0.1, -0.05) is 15.9 Å². The lowest BCUT2D eigenvalue weighted by Gasteiger charge is -2.12. The van der Waals surface area contributed by atoms with E-state index >= 15 is 0 Å². The molecule has 0 saturated carbocycles. The molecule has 78 valence electrons. The van der Waals surface area contributed by atoms with Crippen LogP contribution in [-0.4, -0.2) is 32.1 Å². The molecule has 0 heterocycles. The third kappa shape index (κ3) is 4.11. The van der Waals surface area contributed by atoms with Crippen LogP contribution in [-0.2, 0) is 0 Å². The van der Waals surface area contributed by atoms with Crippen molar-refractivity contribution in [2.75, 3.05) is 32.5 Å². The number of nitrogens with one attached hydrogen (secondary N) is 1. The SMILES string of the molecule is Cc1cc(Br)cc(NCCN(C)C)c1. The third-order valence-corrected chi connectivity index (χ3v) is 2.39. The Labute approximate surface area is 94.4 Å². The minimum absolute atomic E-state index is 0.975. The molecule has 0 unspecified atom stereocenters. The zero-order valence-corrected chi connectivity index (χ0v) is 10.6. The lowest BCUT2D eigenvalue weighted by atomic mass is 10.2. The summed E-state index contributed by atoms with van der Waals surface area (Å²) in [7, 11) is 4.15. The number of halogens is 1. The molecule has 0 saturated heterocycles. The summed E-state index contributed by atoms with van der Waals surface area (Å²) in [5.74, 6) is 0. The monoisotopic (exact) mass is 256 g/mol. The maximum atomic E-state index is 3.48. The molecule has 0 radical (unpaired) electrons. The molecule has 0 fully saturated rings. The number of hydrogen-bond donors (Lipinski definition) is 1. The molecule has 0 atom stereocenters. The fraction of sp³-hybridized carbons (Fsp3) is 0.455. The van der Waals surface area contributed by atoms with Gasteiger partial charge in [0.25, 0.3) is 0 Å². The molecule has 0 aliphatic heterocycles. The van der Waals surface area contributed by atoms with Crippen molar-refractivity contribution in [2.24, 2.45) is 0 Å². The average Bonchev–Trinajstić information content (AvgIpc) is 2.01. The first-order valence-electron chi connectivity index (χ1n) is 4.74. The number of nitrogens with zero attached hydrogens (tertiary/aromatic N) is 1. The summed E-state index contributed by atoms with van der Waals surface area (Å²) in [5, 5.41) is 3.39. The van der Waals surface area contributed by atoms with Crippen molar-refractivity contribution in [3.8, 4) is 0 Å². The van der Waals surface area contributed by atoms with Gasteiger partial charge in [0.1, 0.15) is 0 Å². The van der Waals surface area contributed by atoms with E-state index in [4.69, 9.17) is 0 Å². The predicted molar refractivity (Wildman–Crippen MR) is 65.9 cm³/mol. The highest BCUT2D eigenvalue weighted by molar-refractivity contribution is 9.10. The first-order valence-corrected chi connectivity index (χ1v) is 5.53. The third-order valence-electron chi connectivity index (χ3n) is 1.93. The van der Waals surface area contributed by atoms with Gasteiger partial charge >= 0.3 is 0 Å². The molecule has 0 aliphatic carbocycles. The summed E-state index contributed by atoms with van der Waals surface area (Å²) in [6.45, 7) is 4.12. The number of aryl methyl sites for hydroxylation is 1. The standard InChI is InChI=1S/C11H17BrN2/c1-9-6-10(12)8-11(7-9)13-4-5-14(2)3/h6-8,13H,4-5H2,1-3H3. The average molecular weight is 257 g/mol. The normalized spacial score (nSPS) is 10.6. The summed E-state index contributed by atoms with van der Waals surface area (Å²) in [6.07, 6.45) is 0. The van der Waals surface area contributed by atoms with Crippen molar-refractivity contribution in [1.82, 2.24) is 4.90 Å². The van der Waals surface area contributed by atoms with E-state index < -0.39 is 0 Å². The van der Waals surface area contributed by atoms with Gasteiger partial charge in [-0.3, -0.25) is 0 Å². The highest BCUT2D eigenvalue weighted by atomic mass is 79.9. The van der Waals surface area contributed by atoms with Gasteiger partial charge in [-0.15, -0.1) is 0 Å². The number of anilines is 1. The molecule has 0 aromatic heterocycles. The summed E-state index contributed by atoms with van der Waals surface area (Å²) >= 11 is 3.48. The predicted octanol–water partition coefficient (Wildman–Crippen LogP) is 2.73. The van der Waals surface area contributed by atoms with Gasteiger partial charge in [0.05, 0.1) is 0 Å². The van der Waals surface area contributed by atoms with Crippen molar-refractivity contribution < 1.29 is 0 Å². The Hall–Kier alpha value is -0.540. The summed E-state index contributed by atoms with van der Waals surface area (Å²) in [5.41, 5.74) is 2.45. The molecular weight excluding hydrogens is 240 g/mol. The molecule has 0 spiro atoms. The van der Waals surface area contributed by atoms with Gasteiger partial charge in [0.2, 0.25) is 0 Å². The van der Waals surface area contributed by atoms with E-state index in [9.17, 15) is 0 Å². The molecule has 1 aromatic rings. The van der Waals surface area contributed by atoms with Gasteiger partial charge in [0, 0.05) is 23.2 Å². The second kappa shape index (κ2) is 5.37. The lowest BCUT2D eigenvalue weighted by Crippen LogP contribution is -2.20. The minimum atomic E-state index is 0.975. The van der Waals surface area contributed by atoms with E-state index in [1.54, 1.807) is 0 Å². The largest absolute Gasteiger partial charge is 0.384 e. The highest BCUT2D eigenvalue weighted by Crippen LogP contribution is 2.18. The second-order valence-corrected chi connectivity index (χ2v) is 4.66. The van der Waals surface area contributed by atoms with E-state index in [0.717, 1.165) is 17.6 Å². The van der Waals surface area contributed by atoms with Crippen LogP contribution in [0.15, 0.2) is 22.7 Å². The number of rotatable bonds is 4. The van der Waals surface area contributed by atoms with Crippen LogP contribution < -0.4 is 5.32 Å². The molecule has 14 heavy (non-hydrogen) atoms. The van der Waals surface area contributed by atoms with Gasteiger partial charge in [-0.05, 0) is 44.8 Å². The van der Waals surface area contributed by atoms with Crippen LogP contribution in [0.25, 0.3) is 0 Å². The zero-order valence-electron chi connectivity index (χ0n) is 8.97. The number of hydrogen-bond acceptors (Lipinski definition) is 2. The van der Waals surface area contributed by atoms with Crippen molar-refractivity contribution in [1.29, 1.82) is 0 Å². The van der Waals surface area contributed by atoms with Crippen molar-refractivity contribution in [3.05, 3.63) is 28.2 Å². The van der Waals surface area contributed by atoms with E-state index in [0.29, 0.717) is 0 Å². The van der Waals surface area contributed by atoms with Crippen LogP contribution in [0.5, 0.6) is 0 Å². The number of likely N-dealkylation sites (N-methyl/N-ethyl adjacent to an activating group) is 1. The van der Waals surface area contributed by atoms with Crippen LogP contribution >= 0.6 is 15.9 Å². The molecule has 1 N–H and O–H groups in total. The number of benzene rings is 1. The first kappa shape index (κ1) is 11.5. The molecule has 0 bridgehead atoms. The second-order valence-electron chi connectivity index (χ2n) is 3.75. The van der Waals surface area contributed by atoms with E-state index in [-0.39, 0.29) is 0 Å². The van der Waals surface area contributed by atoms with E-state index in [1.807, 2.05) is 0 Å². The highest BCUT2D eigenvalue weighted by Gasteiger charge is 1.96. The Bertz CT molecular complexity index is 277. The fourth-order valence-corrected chi connectivity index (χ4v) is 1.87. The fourth-order valence-electron chi connectivity index (χ4n) is 1.26. The Balaban J connectivity index is 2.50. The summed E-state index contributed by atoms with van der Waals surface area (Å²) in [4.78, 5) is 2.16. The van der Waals surface area contributed by atoms with Crippen LogP contribution in [0, 0.1) is 6.92 Å². The minimum Gasteiger partial charge on any atom is -0.384 e. The lowest BCUT2D eigenvalue weighted by molar-refractivity contribution is 0.425. The molecule has 0 amide bonds. The maximum Gasteiger partial charge on any atom is 0.0354 e. The first-order chi connectivity index (χ1) is 6.58. The van der Waals surface area contributed by atoms with E-state index in [1.165, 1.54) is 11.3 Å². The van der Waals surface area contributed by atoms with Gasteiger partial charge in [0.15, 0.2) is 0 Å². The van der Waals surface area contributed by atoms with Crippen LogP contribution in [0.3, 0.4) is 0 Å². The molecule has 1 aromatic carbocycles. The molecule has 2 nitrogen and oxygen atoms in total. The van der Waals surface area contributed by atoms with Crippen molar-refractivity contribution >= 4 is 21.6 Å². The van der Waals surface area contributed by atoms with Crippen molar-refractivity contribution in [2.45, 2.75) is 6.92 Å². The van der Waals surface area contributed by atoms with Crippen LogP contribution in [0.2, 0.25) is 0 Å². The Morgan fingerprint density at radius 2 is 2.00 bits per heavy atom. The zero-order chi connectivity index (χ0) is 10.6. The van der Waals surface area contributed by atoms with Crippen LogP contribution in [0.4, 0.5) is 5.69 Å². The molecule has 1 rings (SSSR count). The smallest absolute Gasteiger partial charge is 0.0354 e. The maximum absolute atomic E-state index is 3.48. The quantitative estimate of drug-likeness (QED) is 0.892. The summed E-state index contributed by atoms with van der Waals surface area (Å²) < 4.78 is 1.13. The summed E-state index contributed by atoms with van der Waals surface area (Å²) in [6, 6.07) is 6.36. The van der Waals surface area contributed by atoms with Gasteiger partial charge < -0.3 is 10.2 Å². The van der Waals surface area contributed by atoms with E-state index in [2.05, 4.69) is 65.4 Å². The van der Waals surface area contributed by atoms with Gasteiger partial charge in [-0.2, -0.15) is 0 Å². The Kier molecular flexibility index (Phi) is 4.42. The van der Waals surface area contributed by atoms with Crippen LogP contribution in [0.1, 0.15) is 5.56 Å². The molecule has 3 heteroatoms. The Morgan fingerprint density at radius 3 is 2.57 bits per heavy atom. The topological polar surface area (TPSA) is 15.3 Å².